The highest BCUT2D eigenvalue weighted by Crippen LogP contribution is 2.15. The number of nitrogens with one attached hydrogen (secondary N) is 1. The number of aliphatic hydroxyl groups excluding tert-OH is 1. The lowest BCUT2D eigenvalue weighted by molar-refractivity contribution is -0.140. The number of likely N-dealkylation sites (tertiary alicyclic amines) is 1. The summed E-state index contributed by atoms with van der Waals surface area (Å²) in [5.41, 5.74) is 0. The number of aliphatic carboxylic acids is 1. The summed E-state index contributed by atoms with van der Waals surface area (Å²) in [6.45, 7) is 4.40. The Morgan fingerprint density at radius 1 is 1.42 bits per heavy atom. The van der Waals surface area contributed by atoms with Crippen molar-refractivity contribution in [1.29, 1.82) is 0 Å². The lowest BCUT2D eigenvalue weighted by atomic mass is 10.0. The van der Waals surface area contributed by atoms with Gasteiger partial charge in [-0.2, -0.15) is 0 Å². The molecule has 1 aliphatic rings. The molecular weight excluding hydrogens is 250 g/mol. The van der Waals surface area contributed by atoms with Gasteiger partial charge in [-0.3, -0.25) is 0 Å². The van der Waals surface area contributed by atoms with Crippen LogP contribution in [0.3, 0.4) is 0 Å². The maximum Gasteiger partial charge on any atom is 0.328 e. The van der Waals surface area contributed by atoms with E-state index in [0.29, 0.717) is 0 Å². The molecule has 0 aliphatic carbocycles. The molecule has 0 bridgehead atoms. The number of carbonyl (C=O) groups excluding carboxylic acids is 1. The van der Waals surface area contributed by atoms with Crippen LogP contribution < -0.4 is 5.32 Å². The van der Waals surface area contributed by atoms with E-state index in [9.17, 15) is 9.59 Å². The van der Waals surface area contributed by atoms with Crippen LogP contribution in [0, 0.1) is 0 Å². The first-order valence-corrected chi connectivity index (χ1v) is 6.58. The molecule has 1 fully saturated rings. The number of aliphatic hydroxyl groups is 1. The number of amides is 2. The molecule has 1 atom stereocenters. The molecule has 19 heavy (non-hydrogen) atoms. The molecule has 1 unspecified atom stereocenters. The van der Waals surface area contributed by atoms with Crippen molar-refractivity contribution < 1.29 is 19.8 Å². The second-order valence-corrected chi connectivity index (χ2v) is 4.80. The van der Waals surface area contributed by atoms with Gasteiger partial charge in [0.1, 0.15) is 0 Å². The minimum atomic E-state index is -1.24. The van der Waals surface area contributed by atoms with Gasteiger partial charge in [0.15, 0.2) is 6.04 Å². The molecule has 1 rings (SSSR count). The van der Waals surface area contributed by atoms with E-state index in [4.69, 9.17) is 10.2 Å². The largest absolute Gasteiger partial charge is 0.480 e. The van der Waals surface area contributed by atoms with Gasteiger partial charge in [0.05, 0.1) is 6.61 Å². The second-order valence-electron chi connectivity index (χ2n) is 4.80. The van der Waals surface area contributed by atoms with Crippen molar-refractivity contribution in [2.45, 2.75) is 31.8 Å². The summed E-state index contributed by atoms with van der Waals surface area (Å²) in [6, 6.07) is -1.57. The Hall–Kier alpha value is -1.34. The van der Waals surface area contributed by atoms with E-state index < -0.39 is 24.6 Å². The van der Waals surface area contributed by atoms with Gasteiger partial charge >= 0.3 is 12.0 Å². The third-order valence-corrected chi connectivity index (χ3v) is 3.65. The smallest absolute Gasteiger partial charge is 0.328 e. The van der Waals surface area contributed by atoms with Crippen molar-refractivity contribution in [3.8, 4) is 0 Å². The zero-order valence-electron chi connectivity index (χ0n) is 11.5. The van der Waals surface area contributed by atoms with Crippen molar-refractivity contribution in [3.05, 3.63) is 0 Å². The van der Waals surface area contributed by atoms with Gasteiger partial charge < -0.3 is 25.3 Å². The van der Waals surface area contributed by atoms with Crippen LogP contribution in [0.5, 0.6) is 0 Å². The summed E-state index contributed by atoms with van der Waals surface area (Å²) in [6.07, 6.45) is 1.77. The normalized spacial score (nSPS) is 18.9. The number of carbonyl (C=O) groups is 2. The first-order valence-electron chi connectivity index (χ1n) is 6.58. The topological polar surface area (TPSA) is 93.1 Å². The first-order chi connectivity index (χ1) is 8.99. The molecule has 0 aromatic carbocycles. The third kappa shape index (κ3) is 4.36. The molecule has 1 saturated heterocycles. The molecule has 0 saturated carbocycles. The summed E-state index contributed by atoms with van der Waals surface area (Å²) in [5.74, 6) is -1.23. The van der Waals surface area contributed by atoms with Gasteiger partial charge in [0, 0.05) is 26.2 Å². The van der Waals surface area contributed by atoms with E-state index in [1.165, 1.54) is 0 Å². The van der Waals surface area contributed by atoms with Crippen molar-refractivity contribution >= 4 is 12.0 Å². The number of hydrogen-bond donors (Lipinski definition) is 3. The Labute approximate surface area is 113 Å². The standard InChI is InChI=1S/C12H23N3O4/c1-3-15-6-4-9(5-7-15)14(2)12(19)13-10(8-16)11(17)18/h9-10,16H,3-8H2,1-2H3,(H,13,19)(H,17,18). The van der Waals surface area contributed by atoms with Crippen molar-refractivity contribution in [1.82, 2.24) is 15.1 Å². The van der Waals surface area contributed by atoms with Crippen LogP contribution in [-0.2, 0) is 4.79 Å². The fraction of sp³-hybridized carbons (Fsp3) is 0.833. The molecule has 0 aromatic rings. The maximum absolute atomic E-state index is 11.9. The summed E-state index contributed by atoms with van der Waals surface area (Å²) < 4.78 is 0. The highest BCUT2D eigenvalue weighted by molar-refractivity contribution is 5.82. The van der Waals surface area contributed by atoms with Crippen molar-refractivity contribution in [2.24, 2.45) is 0 Å². The molecule has 7 heteroatoms. The number of hydrogen-bond acceptors (Lipinski definition) is 4. The summed E-state index contributed by atoms with van der Waals surface area (Å²) in [7, 11) is 1.66. The molecule has 7 nitrogen and oxygen atoms in total. The van der Waals surface area contributed by atoms with Crippen molar-refractivity contribution in [3.63, 3.8) is 0 Å². The molecule has 0 radical (unpaired) electrons. The van der Waals surface area contributed by atoms with E-state index in [-0.39, 0.29) is 6.04 Å². The number of rotatable bonds is 5. The minimum absolute atomic E-state index is 0.121. The molecule has 110 valence electrons. The van der Waals surface area contributed by atoms with Gasteiger partial charge in [0.25, 0.3) is 0 Å². The second kappa shape index (κ2) is 7.30. The van der Waals surface area contributed by atoms with Gasteiger partial charge in [-0.05, 0) is 19.4 Å². The maximum atomic E-state index is 11.9. The third-order valence-electron chi connectivity index (χ3n) is 3.65. The molecule has 3 N–H and O–H groups in total. The molecule has 1 aliphatic heterocycles. The SMILES string of the molecule is CCN1CCC(N(C)C(=O)NC(CO)C(=O)O)CC1. The minimum Gasteiger partial charge on any atom is -0.480 e. The average Bonchev–Trinajstić information content (AvgIpc) is 2.43. The molecule has 0 aromatic heterocycles. The number of piperidine rings is 1. The van der Waals surface area contributed by atoms with E-state index in [2.05, 4.69) is 17.1 Å². The molecule has 1 heterocycles. The predicted molar refractivity (Wildman–Crippen MR) is 69.9 cm³/mol. The van der Waals surface area contributed by atoms with Crippen LogP contribution >= 0.6 is 0 Å². The fourth-order valence-electron chi connectivity index (χ4n) is 2.23. The molecule has 0 spiro atoms. The Kier molecular flexibility index (Phi) is 6.04. The lowest BCUT2D eigenvalue weighted by Crippen LogP contribution is -2.53. The Morgan fingerprint density at radius 3 is 2.42 bits per heavy atom. The highest BCUT2D eigenvalue weighted by Gasteiger charge is 2.27. The van der Waals surface area contributed by atoms with E-state index >= 15 is 0 Å². The number of carboxylic acids is 1. The van der Waals surface area contributed by atoms with Gasteiger partial charge in [-0.15, -0.1) is 0 Å². The van der Waals surface area contributed by atoms with E-state index in [1.807, 2.05) is 0 Å². The molecular formula is C12H23N3O4. The van der Waals surface area contributed by atoms with Crippen LogP contribution in [0.25, 0.3) is 0 Å². The van der Waals surface area contributed by atoms with Gasteiger partial charge in [-0.1, -0.05) is 6.92 Å². The zero-order valence-corrected chi connectivity index (χ0v) is 11.5. The van der Waals surface area contributed by atoms with Gasteiger partial charge in [-0.25, -0.2) is 9.59 Å². The van der Waals surface area contributed by atoms with Crippen LogP contribution in [-0.4, -0.2) is 77.4 Å². The predicted octanol–water partition coefficient (Wildman–Crippen LogP) is -0.442. The van der Waals surface area contributed by atoms with E-state index in [1.54, 1.807) is 11.9 Å². The Morgan fingerprint density at radius 2 is 2.00 bits per heavy atom. The monoisotopic (exact) mass is 273 g/mol. The quantitative estimate of drug-likeness (QED) is 0.631. The van der Waals surface area contributed by atoms with Crippen LogP contribution in [0.4, 0.5) is 4.79 Å². The summed E-state index contributed by atoms with van der Waals surface area (Å²) in [4.78, 5) is 26.5. The number of nitrogens with zero attached hydrogens (tertiary/aromatic N) is 2. The van der Waals surface area contributed by atoms with Crippen molar-refractivity contribution in [2.75, 3.05) is 33.3 Å². The summed E-state index contributed by atoms with van der Waals surface area (Å²) >= 11 is 0. The van der Waals surface area contributed by atoms with E-state index in [0.717, 1.165) is 32.5 Å². The van der Waals surface area contributed by atoms with Crippen LogP contribution in [0.1, 0.15) is 19.8 Å². The Balaban J connectivity index is 2.46. The fourth-order valence-corrected chi connectivity index (χ4v) is 2.23. The average molecular weight is 273 g/mol. The summed E-state index contributed by atoms with van der Waals surface area (Å²) in [5, 5.41) is 20.0. The van der Waals surface area contributed by atoms with Crippen LogP contribution in [0.2, 0.25) is 0 Å². The highest BCUT2D eigenvalue weighted by atomic mass is 16.4. The first kappa shape index (κ1) is 15.7. The lowest BCUT2D eigenvalue weighted by Gasteiger charge is -2.36. The number of urea groups is 1. The van der Waals surface area contributed by atoms with Gasteiger partial charge in [0.2, 0.25) is 0 Å². The number of carboxylic acid groups (broad SMARTS) is 1. The Bertz CT molecular complexity index is 316. The zero-order chi connectivity index (χ0) is 14.4. The van der Waals surface area contributed by atoms with Crippen LogP contribution in [0.15, 0.2) is 0 Å². The molecule has 2 amide bonds.